The van der Waals surface area contributed by atoms with E-state index in [1.807, 2.05) is 0 Å². The second-order valence-corrected chi connectivity index (χ2v) is 5.20. The Bertz CT molecular complexity index is 617. The number of hydrogen-bond acceptors (Lipinski definition) is 7. The van der Waals surface area contributed by atoms with E-state index in [4.69, 9.17) is 9.52 Å². The van der Waals surface area contributed by atoms with Crippen molar-refractivity contribution in [1.82, 2.24) is 14.9 Å². The summed E-state index contributed by atoms with van der Waals surface area (Å²) < 4.78 is 35.7. The van der Waals surface area contributed by atoms with Crippen LogP contribution in [0.1, 0.15) is 17.3 Å². The number of aliphatic hydroxyl groups is 1. The fourth-order valence-electron chi connectivity index (χ4n) is 1.38. The molecule has 0 saturated carbocycles. The van der Waals surface area contributed by atoms with Crippen LogP contribution in [0, 0.1) is 6.92 Å². The molecule has 0 aliphatic heterocycles. The SMILES string of the molecule is Cc1oc(CO)cc1S(=O)(=O)NCc1ncon1. The van der Waals surface area contributed by atoms with Crippen molar-refractivity contribution < 1.29 is 22.5 Å². The molecule has 2 N–H and O–H groups in total. The molecule has 2 aromatic rings. The number of aromatic nitrogens is 2. The van der Waals surface area contributed by atoms with Gasteiger partial charge in [-0.1, -0.05) is 5.16 Å². The van der Waals surface area contributed by atoms with Crippen molar-refractivity contribution in [3.63, 3.8) is 0 Å². The minimum Gasteiger partial charge on any atom is -0.462 e. The molecule has 0 aliphatic rings. The van der Waals surface area contributed by atoms with Crippen molar-refractivity contribution in [2.75, 3.05) is 0 Å². The lowest BCUT2D eigenvalue weighted by atomic mass is 10.4. The minimum absolute atomic E-state index is 0.0185. The summed E-state index contributed by atoms with van der Waals surface area (Å²) >= 11 is 0. The molecule has 0 atom stereocenters. The Morgan fingerprint density at radius 2 is 2.28 bits per heavy atom. The predicted molar refractivity (Wildman–Crippen MR) is 57.7 cm³/mol. The smallest absolute Gasteiger partial charge is 0.244 e. The normalized spacial score (nSPS) is 11.9. The third-order valence-corrected chi connectivity index (χ3v) is 3.70. The zero-order valence-corrected chi connectivity index (χ0v) is 10.3. The third-order valence-electron chi connectivity index (χ3n) is 2.20. The Morgan fingerprint density at radius 3 is 2.83 bits per heavy atom. The average Bonchev–Trinajstić information content (AvgIpc) is 2.95. The van der Waals surface area contributed by atoms with Crippen molar-refractivity contribution in [3.8, 4) is 0 Å². The molecule has 0 amide bonds. The summed E-state index contributed by atoms with van der Waals surface area (Å²) in [7, 11) is -3.73. The van der Waals surface area contributed by atoms with E-state index < -0.39 is 10.0 Å². The van der Waals surface area contributed by atoms with Gasteiger partial charge in [0, 0.05) is 6.07 Å². The van der Waals surface area contributed by atoms with Gasteiger partial charge in [-0.15, -0.1) is 0 Å². The monoisotopic (exact) mass is 273 g/mol. The zero-order chi connectivity index (χ0) is 13.2. The van der Waals surface area contributed by atoms with Crippen molar-refractivity contribution in [3.05, 3.63) is 29.8 Å². The number of nitrogens with zero attached hydrogens (tertiary/aromatic N) is 2. The average molecular weight is 273 g/mol. The Kier molecular flexibility index (Phi) is 3.45. The molecule has 0 spiro atoms. The number of hydrogen-bond donors (Lipinski definition) is 2. The molecule has 2 heterocycles. The van der Waals surface area contributed by atoms with E-state index in [2.05, 4.69) is 19.4 Å². The number of aryl methyl sites for hydroxylation is 1. The maximum Gasteiger partial charge on any atom is 0.244 e. The standard InChI is InChI=1S/C9H11N3O5S/c1-6-8(2-7(4-13)17-6)18(14,15)11-3-9-10-5-16-12-9/h2,5,11,13H,3-4H2,1H3. The lowest BCUT2D eigenvalue weighted by Gasteiger charge is -2.02. The van der Waals surface area contributed by atoms with Gasteiger partial charge < -0.3 is 14.0 Å². The Morgan fingerprint density at radius 1 is 1.50 bits per heavy atom. The van der Waals surface area contributed by atoms with Gasteiger partial charge in [0.1, 0.15) is 23.0 Å². The fraction of sp³-hybridized carbons (Fsp3) is 0.333. The molecule has 18 heavy (non-hydrogen) atoms. The molecule has 0 unspecified atom stereocenters. The summed E-state index contributed by atoms with van der Waals surface area (Å²) in [6.07, 6.45) is 1.11. The molecule has 8 nitrogen and oxygen atoms in total. The maximum absolute atomic E-state index is 11.9. The van der Waals surface area contributed by atoms with Crippen molar-refractivity contribution in [1.29, 1.82) is 0 Å². The van der Waals surface area contributed by atoms with Gasteiger partial charge in [0.05, 0.1) is 6.54 Å². The van der Waals surface area contributed by atoms with Gasteiger partial charge in [0.2, 0.25) is 16.4 Å². The Hall–Kier alpha value is -1.71. The van der Waals surface area contributed by atoms with Crippen LogP contribution in [-0.2, 0) is 23.2 Å². The first-order valence-electron chi connectivity index (χ1n) is 4.98. The van der Waals surface area contributed by atoms with Gasteiger partial charge in [-0.25, -0.2) is 13.1 Å². The van der Waals surface area contributed by atoms with E-state index in [1.165, 1.54) is 13.0 Å². The quantitative estimate of drug-likeness (QED) is 0.783. The number of furan rings is 1. The van der Waals surface area contributed by atoms with Gasteiger partial charge in [0.15, 0.2) is 5.82 Å². The first kappa shape index (κ1) is 12.7. The van der Waals surface area contributed by atoms with Crippen molar-refractivity contribution in [2.24, 2.45) is 0 Å². The lowest BCUT2D eigenvalue weighted by Crippen LogP contribution is -2.24. The van der Waals surface area contributed by atoms with Crippen LogP contribution in [0.5, 0.6) is 0 Å². The molecule has 98 valence electrons. The number of rotatable bonds is 5. The molecular formula is C9H11N3O5S. The third kappa shape index (κ3) is 2.58. The molecular weight excluding hydrogens is 262 g/mol. The first-order valence-corrected chi connectivity index (χ1v) is 6.46. The van der Waals surface area contributed by atoms with Gasteiger partial charge >= 0.3 is 0 Å². The van der Waals surface area contributed by atoms with Crippen LogP contribution >= 0.6 is 0 Å². The molecule has 2 aromatic heterocycles. The Balaban J connectivity index is 2.17. The summed E-state index contributed by atoms with van der Waals surface area (Å²) in [6.45, 7) is 1.06. The Labute approximate surface area is 103 Å². The molecule has 0 bridgehead atoms. The second-order valence-electron chi connectivity index (χ2n) is 3.46. The summed E-state index contributed by atoms with van der Waals surface area (Å²) in [6, 6.07) is 1.27. The van der Waals surface area contributed by atoms with E-state index in [1.54, 1.807) is 0 Å². The summed E-state index contributed by atoms with van der Waals surface area (Å²) in [5.74, 6) is 0.620. The summed E-state index contributed by atoms with van der Waals surface area (Å²) in [5.41, 5.74) is 0. The lowest BCUT2D eigenvalue weighted by molar-refractivity contribution is 0.244. The number of nitrogens with one attached hydrogen (secondary N) is 1. The second kappa shape index (κ2) is 4.88. The molecule has 9 heteroatoms. The highest BCUT2D eigenvalue weighted by Crippen LogP contribution is 2.19. The van der Waals surface area contributed by atoms with Gasteiger partial charge in [-0.3, -0.25) is 0 Å². The largest absolute Gasteiger partial charge is 0.462 e. The highest BCUT2D eigenvalue weighted by Gasteiger charge is 2.21. The van der Waals surface area contributed by atoms with Crippen LogP contribution in [0.3, 0.4) is 0 Å². The van der Waals surface area contributed by atoms with Gasteiger partial charge in [-0.05, 0) is 6.92 Å². The maximum atomic E-state index is 11.9. The number of sulfonamides is 1. The molecule has 0 saturated heterocycles. The molecule has 0 radical (unpaired) electrons. The molecule has 0 fully saturated rings. The van der Waals surface area contributed by atoms with Crippen LogP contribution in [0.25, 0.3) is 0 Å². The topological polar surface area (TPSA) is 118 Å². The fourth-order valence-corrected chi connectivity index (χ4v) is 2.56. The van der Waals surface area contributed by atoms with Crippen molar-refractivity contribution >= 4 is 10.0 Å². The van der Waals surface area contributed by atoms with Gasteiger partial charge in [-0.2, -0.15) is 4.98 Å². The minimum atomic E-state index is -3.73. The van der Waals surface area contributed by atoms with E-state index >= 15 is 0 Å². The van der Waals surface area contributed by atoms with Crippen molar-refractivity contribution in [2.45, 2.75) is 25.0 Å². The van der Waals surface area contributed by atoms with Gasteiger partial charge in [0.25, 0.3) is 0 Å². The van der Waals surface area contributed by atoms with E-state index in [-0.39, 0.29) is 35.4 Å². The van der Waals surface area contributed by atoms with E-state index in [0.29, 0.717) is 0 Å². The van der Waals surface area contributed by atoms with E-state index in [0.717, 1.165) is 6.39 Å². The summed E-state index contributed by atoms with van der Waals surface area (Å²) in [4.78, 5) is 3.67. The predicted octanol–water partition coefficient (Wildman–Crippen LogP) is -0.0582. The number of aliphatic hydroxyl groups excluding tert-OH is 1. The molecule has 2 rings (SSSR count). The van der Waals surface area contributed by atoms with Crippen LogP contribution < -0.4 is 4.72 Å². The highest BCUT2D eigenvalue weighted by atomic mass is 32.2. The van der Waals surface area contributed by atoms with Crippen LogP contribution in [-0.4, -0.2) is 23.7 Å². The van der Waals surface area contributed by atoms with E-state index in [9.17, 15) is 8.42 Å². The van der Waals surface area contributed by atoms with Crippen LogP contribution in [0.15, 0.2) is 26.3 Å². The zero-order valence-electron chi connectivity index (χ0n) is 9.45. The molecule has 0 aromatic carbocycles. The van der Waals surface area contributed by atoms with Crippen LogP contribution in [0.2, 0.25) is 0 Å². The molecule has 0 aliphatic carbocycles. The highest BCUT2D eigenvalue weighted by molar-refractivity contribution is 7.89. The summed E-state index contributed by atoms with van der Waals surface area (Å²) in [5, 5.41) is 12.4. The van der Waals surface area contributed by atoms with Crippen LogP contribution in [0.4, 0.5) is 0 Å². The first-order chi connectivity index (χ1) is 8.53.